The zero-order chi connectivity index (χ0) is 16.6. The molecule has 0 amide bonds. The highest BCUT2D eigenvalue weighted by molar-refractivity contribution is 7.92. The fraction of sp³-hybridized carbons (Fsp3) is 0.176. The number of anilines is 1. The Morgan fingerprint density at radius 2 is 1.83 bits per heavy atom. The van der Waals surface area contributed by atoms with Crippen LogP contribution in [0.15, 0.2) is 59.5 Å². The van der Waals surface area contributed by atoms with Crippen LogP contribution in [-0.4, -0.2) is 23.2 Å². The van der Waals surface area contributed by atoms with Gasteiger partial charge in [0.1, 0.15) is 5.82 Å². The van der Waals surface area contributed by atoms with Gasteiger partial charge in [-0.05, 0) is 30.7 Å². The second-order valence-electron chi connectivity index (χ2n) is 5.69. The van der Waals surface area contributed by atoms with Crippen molar-refractivity contribution in [2.45, 2.75) is 24.3 Å². The Labute approximate surface area is 140 Å². The van der Waals surface area contributed by atoms with E-state index in [0.717, 1.165) is 36.6 Å². The van der Waals surface area contributed by atoms with Crippen LogP contribution in [-0.2, 0) is 23.0 Å². The second-order valence-corrected chi connectivity index (χ2v) is 7.38. The van der Waals surface area contributed by atoms with E-state index in [-0.39, 0.29) is 4.90 Å². The summed E-state index contributed by atoms with van der Waals surface area (Å²) < 4.78 is 29.6. The number of hydrogen-bond donors (Lipinski definition) is 1. The third-order valence-electron chi connectivity index (χ3n) is 4.04. The van der Waals surface area contributed by atoms with Gasteiger partial charge in [-0.15, -0.1) is 10.2 Å². The van der Waals surface area contributed by atoms with Gasteiger partial charge < -0.3 is 4.57 Å². The third-order valence-corrected chi connectivity index (χ3v) is 5.43. The van der Waals surface area contributed by atoms with E-state index in [1.165, 1.54) is 0 Å². The summed E-state index contributed by atoms with van der Waals surface area (Å²) in [6.45, 7) is 0.900. The highest BCUT2D eigenvalue weighted by Gasteiger charge is 2.19. The highest BCUT2D eigenvalue weighted by atomic mass is 32.2. The normalized spacial score (nSPS) is 13.7. The minimum absolute atomic E-state index is 0.235. The Morgan fingerprint density at radius 1 is 1.00 bits per heavy atom. The average molecular weight is 340 g/mol. The molecule has 0 radical (unpaired) electrons. The molecule has 0 saturated heterocycles. The van der Waals surface area contributed by atoms with Crippen LogP contribution >= 0.6 is 0 Å². The molecule has 122 valence electrons. The van der Waals surface area contributed by atoms with Gasteiger partial charge in [0.25, 0.3) is 10.0 Å². The van der Waals surface area contributed by atoms with Crippen LogP contribution < -0.4 is 4.72 Å². The van der Waals surface area contributed by atoms with Crippen LogP contribution in [0.3, 0.4) is 0 Å². The maximum atomic E-state index is 12.4. The lowest BCUT2D eigenvalue weighted by atomic mass is 10.2. The molecule has 4 rings (SSSR count). The van der Waals surface area contributed by atoms with Crippen molar-refractivity contribution in [3.05, 3.63) is 60.4 Å². The fourth-order valence-corrected chi connectivity index (χ4v) is 3.97. The number of sulfonamides is 1. The smallest absolute Gasteiger partial charge is 0.261 e. The lowest BCUT2D eigenvalue weighted by Gasteiger charge is -2.09. The van der Waals surface area contributed by atoms with Gasteiger partial charge >= 0.3 is 0 Å². The molecular formula is C17H16N4O2S. The monoisotopic (exact) mass is 340 g/mol. The van der Waals surface area contributed by atoms with Crippen molar-refractivity contribution in [2.24, 2.45) is 0 Å². The molecule has 0 saturated carbocycles. The zero-order valence-corrected chi connectivity index (χ0v) is 13.7. The Balaban J connectivity index is 1.66. The van der Waals surface area contributed by atoms with Crippen LogP contribution in [0.4, 0.5) is 5.69 Å². The summed E-state index contributed by atoms with van der Waals surface area (Å²) in [4.78, 5) is 0.235. The summed E-state index contributed by atoms with van der Waals surface area (Å²) in [6.07, 6.45) is 2.01. The van der Waals surface area contributed by atoms with Crippen LogP contribution in [0, 0.1) is 0 Å². The molecule has 2 aromatic carbocycles. The topological polar surface area (TPSA) is 76.9 Å². The van der Waals surface area contributed by atoms with E-state index in [0.29, 0.717) is 5.69 Å². The van der Waals surface area contributed by atoms with Gasteiger partial charge in [0.05, 0.1) is 4.90 Å². The van der Waals surface area contributed by atoms with Gasteiger partial charge in [-0.3, -0.25) is 4.72 Å². The molecule has 3 aromatic rings. The number of nitrogens with zero attached hydrogens (tertiary/aromatic N) is 3. The van der Waals surface area contributed by atoms with E-state index in [4.69, 9.17) is 0 Å². The van der Waals surface area contributed by atoms with Crippen LogP contribution in [0.25, 0.3) is 11.4 Å². The molecule has 0 spiro atoms. The Hall–Kier alpha value is -2.67. The van der Waals surface area contributed by atoms with E-state index in [9.17, 15) is 8.42 Å². The molecule has 1 aromatic heterocycles. The molecule has 1 aliphatic heterocycles. The van der Waals surface area contributed by atoms with E-state index in [2.05, 4.69) is 19.5 Å². The first-order valence-electron chi connectivity index (χ1n) is 7.74. The molecule has 0 fully saturated rings. The van der Waals surface area contributed by atoms with Crippen molar-refractivity contribution in [1.29, 1.82) is 0 Å². The summed E-state index contributed by atoms with van der Waals surface area (Å²) in [6, 6.07) is 15.6. The molecule has 0 aliphatic carbocycles. The third kappa shape index (κ3) is 2.67. The van der Waals surface area contributed by atoms with Gasteiger partial charge in [0.15, 0.2) is 5.82 Å². The average Bonchev–Trinajstić information content (AvgIpc) is 3.19. The highest BCUT2D eigenvalue weighted by Crippen LogP contribution is 2.26. The first-order valence-corrected chi connectivity index (χ1v) is 9.22. The zero-order valence-electron chi connectivity index (χ0n) is 12.9. The van der Waals surface area contributed by atoms with Crippen molar-refractivity contribution in [3.8, 4) is 11.4 Å². The van der Waals surface area contributed by atoms with Crippen LogP contribution in [0.5, 0.6) is 0 Å². The molecule has 7 heteroatoms. The largest absolute Gasteiger partial charge is 0.311 e. The molecule has 1 N–H and O–H groups in total. The van der Waals surface area contributed by atoms with E-state index in [1.807, 2.05) is 12.1 Å². The Kier molecular flexibility index (Phi) is 3.57. The minimum atomic E-state index is -3.60. The van der Waals surface area contributed by atoms with Crippen LogP contribution in [0.2, 0.25) is 0 Å². The maximum absolute atomic E-state index is 12.4. The molecule has 24 heavy (non-hydrogen) atoms. The van der Waals surface area contributed by atoms with Crippen molar-refractivity contribution in [3.63, 3.8) is 0 Å². The molecule has 0 bridgehead atoms. The van der Waals surface area contributed by atoms with Gasteiger partial charge in [-0.1, -0.05) is 30.3 Å². The van der Waals surface area contributed by atoms with Gasteiger partial charge in [-0.25, -0.2) is 8.42 Å². The molecule has 2 heterocycles. The molecule has 6 nitrogen and oxygen atoms in total. The first-order chi connectivity index (χ1) is 11.6. The summed E-state index contributed by atoms with van der Waals surface area (Å²) in [5.74, 6) is 1.77. The summed E-state index contributed by atoms with van der Waals surface area (Å²) in [5.41, 5.74) is 1.36. The second kappa shape index (κ2) is 5.76. The minimum Gasteiger partial charge on any atom is -0.311 e. The lowest BCUT2D eigenvalue weighted by Crippen LogP contribution is -2.12. The fourth-order valence-electron chi connectivity index (χ4n) is 2.90. The predicted molar refractivity (Wildman–Crippen MR) is 91.0 cm³/mol. The standard InChI is InChI=1S/C17H16N4O2S/c22-24(23,15-8-2-1-3-9-15)20-14-7-4-6-13(12-14)17-19-18-16-10-5-11-21(16)17/h1-4,6-9,12,20H,5,10-11H2. The Bertz CT molecular complexity index is 981. The van der Waals surface area contributed by atoms with Gasteiger partial charge in [-0.2, -0.15) is 0 Å². The summed E-state index contributed by atoms with van der Waals surface area (Å²) in [5, 5.41) is 8.44. The van der Waals surface area contributed by atoms with E-state index in [1.54, 1.807) is 42.5 Å². The molecular weight excluding hydrogens is 324 g/mol. The quantitative estimate of drug-likeness (QED) is 0.792. The van der Waals surface area contributed by atoms with Crippen molar-refractivity contribution < 1.29 is 8.42 Å². The number of rotatable bonds is 4. The first kappa shape index (κ1) is 14.9. The lowest BCUT2D eigenvalue weighted by molar-refractivity contribution is 0.601. The SMILES string of the molecule is O=S(=O)(Nc1cccc(-c2nnc3n2CCC3)c1)c1ccccc1. The number of aryl methyl sites for hydroxylation is 1. The number of nitrogens with one attached hydrogen (secondary N) is 1. The summed E-state index contributed by atoms with van der Waals surface area (Å²) in [7, 11) is -3.60. The van der Waals surface area contributed by atoms with Gasteiger partial charge in [0, 0.05) is 24.2 Å². The Morgan fingerprint density at radius 3 is 2.67 bits per heavy atom. The molecule has 0 atom stereocenters. The maximum Gasteiger partial charge on any atom is 0.261 e. The number of benzene rings is 2. The molecule has 1 aliphatic rings. The number of fused-ring (bicyclic) bond motifs is 1. The van der Waals surface area contributed by atoms with Crippen molar-refractivity contribution in [2.75, 3.05) is 4.72 Å². The number of aromatic nitrogens is 3. The van der Waals surface area contributed by atoms with Gasteiger partial charge in [0.2, 0.25) is 0 Å². The van der Waals surface area contributed by atoms with Crippen molar-refractivity contribution in [1.82, 2.24) is 14.8 Å². The van der Waals surface area contributed by atoms with Crippen molar-refractivity contribution >= 4 is 15.7 Å². The van der Waals surface area contributed by atoms with E-state index < -0.39 is 10.0 Å². The number of hydrogen-bond acceptors (Lipinski definition) is 4. The molecule has 0 unspecified atom stereocenters. The van der Waals surface area contributed by atoms with Crippen LogP contribution in [0.1, 0.15) is 12.2 Å². The predicted octanol–water partition coefficient (Wildman–Crippen LogP) is 2.69. The summed E-state index contributed by atoms with van der Waals surface area (Å²) >= 11 is 0. The van der Waals surface area contributed by atoms with E-state index >= 15 is 0 Å².